The number of imidazole rings is 1. The number of carbonyl (C=O) groups excluding carboxylic acids is 1. The van der Waals surface area contributed by atoms with Crippen molar-refractivity contribution in [2.24, 2.45) is 7.05 Å². The summed E-state index contributed by atoms with van der Waals surface area (Å²) >= 11 is 0. The second kappa shape index (κ2) is 4.84. The predicted molar refractivity (Wildman–Crippen MR) is 76.3 cm³/mol. The Kier molecular flexibility index (Phi) is 3.18. The number of hydrogen-bond donors (Lipinski definition) is 3. The van der Waals surface area contributed by atoms with Gasteiger partial charge in [-0.2, -0.15) is 13.4 Å². The van der Waals surface area contributed by atoms with Crippen molar-refractivity contribution < 1.29 is 27.8 Å². The van der Waals surface area contributed by atoms with Gasteiger partial charge in [-0.1, -0.05) is 0 Å². The van der Waals surface area contributed by atoms with Crippen LogP contribution in [0, 0.1) is 5.82 Å². The average molecular weight is 342 g/mol. The summed E-state index contributed by atoms with van der Waals surface area (Å²) in [6.07, 6.45) is 1.33. The van der Waals surface area contributed by atoms with Crippen LogP contribution in [0.2, 0.25) is 0 Å². The van der Waals surface area contributed by atoms with Gasteiger partial charge in [-0.25, -0.2) is 13.4 Å². The second-order valence-corrected chi connectivity index (χ2v) is 6.46. The SMILES string of the molecule is Cn1cc(-c2ccc(O)c(N3CC(=O)NS3(=O)=O)c2F)nc1O. The van der Waals surface area contributed by atoms with E-state index < -0.39 is 39.9 Å². The van der Waals surface area contributed by atoms with Crippen molar-refractivity contribution >= 4 is 21.8 Å². The van der Waals surface area contributed by atoms with E-state index in [1.807, 2.05) is 0 Å². The highest BCUT2D eigenvalue weighted by molar-refractivity contribution is 7.92. The summed E-state index contributed by atoms with van der Waals surface area (Å²) in [6.45, 7) is -0.649. The van der Waals surface area contributed by atoms with E-state index in [1.165, 1.54) is 23.9 Å². The highest BCUT2D eigenvalue weighted by Crippen LogP contribution is 2.38. The summed E-state index contributed by atoms with van der Waals surface area (Å²) in [5.74, 6) is -2.57. The third-order valence-corrected chi connectivity index (χ3v) is 4.67. The number of phenols is 1. The number of halogens is 1. The van der Waals surface area contributed by atoms with Crippen LogP contribution in [0.25, 0.3) is 11.3 Å². The number of hydrogen-bond acceptors (Lipinski definition) is 6. The highest BCUT2D eigenvalue weighted by Gasteiger charge is 2.38. The maximum absolute atomic E-state index is 14.7. The number of rotatable bonds is 2. The van der Waals surface area contributed by atoms with Crippen LogP contribution < -0.4 is 9.03 Å². The molecule has 0 aliphatic carbocycles. The van der Waals surface area contributed by atoms with Gasteiger partial charge in [-0.3, -0.25) is 4.79 Å². The number of carbonyl (C=O) groups is 1. The number of benzene rings is 1. The molecule has 1 fully saturated rings. The molecule has 3 N–H and O–H groups in total. The van der Waals surface area contributed by atoms with Crippen LogP contribution in [0.5, 0.6) is 11.8 Å². The number of phenolic OH excluding ortho intramolecular Hbond substituents is 1. The van der Waals surface area contributed by atoms with Gasteiger partial charge in [0.15, 0.2) is 5.82 Å². The molecule has 0 spiro atoms. The first kappa shape index (κ1) is 15.1. The fourth-order valence-electron chi connectivity index (χ4n) is 2.22. The Labute approximate surface area is 129 Å². The molecule has 1 aromatic carbocycles. The Morgan fingerprint density at radius 2 is 2.04 bits per heavy atom. The number of aryl methyl sites for hydroxylation is 1. The first-order chi connectivity index (χ1) is 10.7. The van der Waals surface area contributed by atoms with Crippen LogP contribution in [-0.2, 0) is 22.1 Å². The van der Waals surface area contributed by atoms with Gasteiger partial charge in [0.05, 0.1) is 5.69 Å². The average Bonchev–Trinajstić information content (AvgIpc) is 2.89. The zero-order valence-electron chi connectivity index (χ0n) is 11.7. The van der Waals surface area contributed by atoms with E-state index in [0.29, 0.717) is 4.31 Å². The van der Waals surface area contributed by atoms with Crippen LogP contribution in [0.3, 0.4) is 0 Å². The molecule has 1 saturated heterocycles. The number of anilines is 1. The Balaban J connectivity index is 2.19. The molecule has 11 heteroatoms. The van der Waals surface area contributed by atoms with Gasteiger partial charge in [0.1, 0.15) is 18.0 Å². The van der Waals surface area contributed by atoms with Gasteiger partial charge < -0.3 is 14.8 Å². The van der Waals surface area contributed by atoms with Crippen LogP contribution in [0.15, 0.2) is 18.3 Å². The zero-order valence-corrected chi connectivity index (χ0v) is 12.5. The van der Waals surface area contributed by atoms with E-state index in [1.54, 1.807) is 4.72 Å². The Bertz CT molecular complexity index is 904. The van der Waals surface area contributed by atoms with Crippen LogP contribution in [-0.4, -0.2) is 40.6 Å². The summed E-state index contributed by atoms with van der Waals surface area (Å²) in [6, 6.07) is 1.91. The summed E-state index contributed by atoms with van der Waals surface area (Å²) in [5, 5.41) is 19.3. The summed E-state index contributed by atoms with van der Waals surface area (Å²) in [5.41, 5.74) is -0.756. The smallest absolute Gasteiger partial charge is 0.326 e. The lowest BCUT2D eigenvalue weighted by molar-refractivity contribution is -0.117. The molecular formula is C12H11FN4O5S. The Morgan fingerprint density at radius 3 is 2.57 bits per heavy atom. The normalized spacial score (nSPS) is 16.6. The molecule has 2 heterocycles. The quantitative estimate of drug-likeness (QED) is 0.695. The van der Waals surface area contributed by atoms with Gasteiger partial charge in [0, 0.05) is 18.8 Å². The molecular weight excluding hydrogens is 331 g/mol. The first-order valence-corrected chi connectivity index (χ1v) is 7.72. The largest absolute Gasteiger partial charge is 0.506 e. The molecule has 9 nitrogen and oxygen atoms in total. The molecule has 2 aromatic rings. The third kappa shape index (κ3) is 2.34. The second-order valence-electron chi connectivity index (χ2n) is 4.87. The highest BCUT2D eigenvalue weighted by atomic mass is 32.2. The van der Waals surface area contributed by atoms with E-state index in [-0.39, 0.29) is 17.3 Å². The van der Waals surface area contributed by atoms with E-state index in [2.05, 4.69) is 4.98 Å². The Morgan fingerprint density at radius 1 is 1.35 bits per heavy atom. The van der Waals surface area contributed by atoms with Gasteiger partial charge >= 0.3 is 10.2 Å². The van der Waals surface area contributed by atoms with Crippen molar-refractivity contribution in [3.05, 3.63) is 24.1 Å². The standard InChI is InChI=1S/C12H11FN4O5S/c1-16-4-7(14-12(16)20)6-2-3-8(18)11(10(6)13)17-5-9(19)15-23(17,21)22/h2-4,18H,5H2,1H3,(H,14,20)(H,15,19). The maximum atomic E-state index is 14.7. The molecule has 1 amide bonds. The lowest BCUT2D eigenvalue weighted by atomic mass is 10.1. The number of aromatic hydroxyl groups is 2. The number of nitrogens with zero attached hydrogens (tertiary/aromatic N) is 3. The first-order valence-electron chi connectivity index (χ1n) is 6.28. The van der Waals surface area contributed by atoms with Crippen molar-refractivity contribution in [2.75, 3.05) is 10.8 Å². The fraction of sp³-hybridized carbons (Fsp3) is 0.167. The van der Waals surface area contributed by atoms with E-state index in [0.717, 1.165) is 6.07 Å². The molecule has 0 radical (unpaired) electrons. The van der Waals surface area contributed by atoms with Gasteiger partial charge in [0.2, 0.25) is 0 Å². The third-order valence-electron chi connectivity index (χ3n) is 3.29. The van der Waals surface area contributed by atoms with Crippen molar-refractivity contribution in [2.45, 2.75) is 0 Å². The molecule has 23 heavy (non-hydrogen) atoms. The van der Waals surface area contributed by atoms with Crippen molar-refractivity contribution in [3.63, 3.8) is 0 Å². The van der Waals surface area contributed by atoms with Crippen LogP contribution in [0.4, 0.5) is 10.1 Å². The molecule has 3 rings (SSSR count). The molecule has 0 unspecified atom stereocenters. The molecule has 0 saturated carbocycles. The van der Waals surface area contributed by atoms with Gasteiger partial charge in [0.25, 0.3) is 11.9 Å². The van der Waals surface area contributed by atoms with Crippen LogP contribution >= 0.6 is 0 Å². The molecule has 1 aliphatic rings. The summed E-state index contributed by atoms with van der Waals surface area (Å²) in [7, 11) is -2.79. The minimum absolute atomic E-state index is 0.0413. The predicted octanol–water partition coefficient (Wildman–Crippen LogP) is -0.182. The number of nitrogens with one attached hydrogen (secondary N) is 1. The summed E-state index contributed by atoms with van der Waals surface area (Å²) in [4.78, 5) is 15.0. The molecule has 1 aliphatic heterocycles. The molecule has 0 bridgehead atoms. The Hall–Kier alpha value is -2.82. The van der Waals surface area contributed by atoms with E-state index in [4.69, 9.17) is 0 Å². The minimum Gasteiger partial charge on any atom is -0.506 e. The lowest BCUT2D eigenvalue weighted by Gasteiger charge is -2.18. The lowest BCUT2D eigenvalue weighted by Crippen LogP contribution is -2.30. The van der Waals surface area contributed by atoms with Crippen molar-refractivity contribution in [1.82, 2.24) is 14.3 Å². The topological polar surface area (TPSA) is 125 Å². The molecule has 122 valence electrons. The maximum Gasteiger partial charge on any atom is 0.326 e. The van der Waals surface area contributed by atoms with Gasteiger partial charge in [-0.05, 0) is 12.1 Å². The van der Waals surface area contributed by atoms with Crippen molar-refractivity contribution in [3.8, 4) is 23.0 Å². The van der Waals surface area contributed by atoms with Crippen LogP contribution in [0.1, 0.15) is 0 Å². The minimum atomic E-state index is -4.28. The zero-order chi connectivity index (χ0) is 16.9. The molecule has 1 aromatic heterocycles. The van der Waals surface area contributed by atoms with E-state index >= 15 is 0 Å². The molecule has 0 atom stereocenters. The monoisotopic (exact) mass is 342 g/mol. The van der Waals surface area contributed by atoms with Crippen molar-refractivity contribution in [1.29, 1.82) is 0 Å². The summed E-state index contributed by atoms with van der Waals surface area (Å²) < 4.78 is 41.8. The van der Waals surface area contributed by atoms with Gasteiger partial charge in [-0.15, -0.1) is 0 Å². The van der Waals surface area contributed by atoms with E-state index in [9.17, 15) is 27.8 Å². The fourth-order valence-corrected chi connectivity index (χ4v) is 3.39. The number of amides is 1. The number of aromatic nitrogens is 2.